The second-order valence-corrected chi connectivity index (χ2v) is 5.80. The van der Waals surface area contributed by atoms with E-state index in [0.717, 1.165) is 6.07 Å². The molecular formula is C12H16BF3N2O2. The molecule has 1 aliphatic rings. The third kappa shape index (κ3) is 2.62. The van der Waals surface area contributed by atoms with Crippen LogP contribution in [0.5, 0.6) is 0 Å². The van der Waals surface area contributed by atoms with Gasteiger partial charge in [-0.05, 0) is 45.3 Å². The van der Waals surface area contributed by atoms with E-state index in [-0.39, 0.29) is 11.3 Å². The van der Waals surface area contributed by atoms with E-state index < -0.39 is 30.2 Å². The van der Waals surface area contributed by atoms with Gasteiger partial charge < -0.3 is 15.0 Å². The van der Waals surface area contributed by atoms with Crippen LogP contribution in [0, 0.1) is 0 Å². The Kier molecular flexibility index (Phi) is 3.30. The van der Waals surface area contributed by atoms with Gasteiger partial charge in [0.15, 0.2) is 0 Å². The summed E-state index contributed by atoms with van der Waals surface area (Å²) in [6.07, 6.45) is -4.56. The average Bonchev–Trinajstić information content (AvgIpc) is 2.46. The Morgan fingerprint density at radius 1 is 1.10 bits per heavy atom. The number of halogens is 3. The van der Waals surface area contributed by atoms with E-state index in [4.69, 9.17) is 15.0 Å². The lowest BCUT2D eigenvalue weighted by Gasteiger charge is -2.32. The van der Waals surface area contributed by atoms with Crippen LogP contribution in [-0.4, -0.2) is 23.3 Å². The van der Waals surface area contributed by atoms with Gasteiger partial charge in [0.1, 0.15) is 11.5 Å². The minimum atomic E-state index is -4.56. The first-order valence-corrected chi connectivity index (χ1v) is 6.13. The maximum Gasteiger partial charge on any atom is 0.495 e. The van der Waals surface area contributed by atoms with Gasteiger partial charge in [-0.25, -0.2) is 4.98 Å². The molecule has 1 saturated heterocycles. The summed E-state index contributed by atoms with van der Waals surface area (Å²) < 4.78 is 49.6. The Balaban J connectivity index is 2.38. The number of pyridine rings is 1. The van der Waals surface area contributed by atoms with Crippen LogP contribution in [0.1, 0.15) is 33.4 Å². The maximum atomic E-state index is 12.7. The third-order valence-electron chi connectivity index (χ3n) is 3.68. The molecule has 1 aromatic heterocycles. The second kappa shape index (κ2) is 4.36. The van der Waals surface area contributed by atoms with Crippen molar-refractivity contribution in [2.45, 2.75) is 45.1 Å². The lowest BCUT2D eigenvalue weighted by atomic mass is 9.79. The summed E-state index contributed by atoms with van der Waals surface area (Å²) in [5, 5.41) is 0. The topological polar surface area (TPSA) is 57.4 Å². The second-order valence-electron chi connectivity index (χ2n) is 5.80. The first-order valence-electron chi connectivity index (χ1n) is 6.13. The molecule has 0 atom stereocenters. The highest BCUT2D eigenvalue weighted by Gasteiger charge is 2.52. The molecule has 0 aromatic carbocycles. The molecule has 1 aromatic rings. The van der Waals surface area contributed by atoms with Crippen LogP contribution in [0.3, 0.4) is 0 Å². The van der Waals surface area contributed by atoms with Crippen LogP contribution in [0.15, 0.2) is 12.1 Å². The van der Waals surface area contributed by atoms with Gasteiger partial charge in [-0.3, -0.25) is 0 Å². The Bertz CT molecular complexity index is 516. The fraction of sp³-hybridized carbons (Fsp3) is 0.583. The van der Waals surface area contributed by atoms with E-state index in [1.807, 2.05) is 27.7 Å². The molecular weight excluding hydrogens is 272 g/mol. The van der Waals surface area contributed by atoms with Gasteiger partial charge in [0.25, 0.3) is 0 Å². The average molecular weight is 288 g/mol. The zero-order chi connectivity index (χ0) is 15.3. The number of hydrogen-bond donors (Lipinski definition) is 1. The SMILES string of the molecule is CC1(C)OB(c2cc(N)nc(C(F)(F)F)c2)OC1(C)C. The van der Waals surface area contributed by atoms with Crippen LogP contribution < -0.4 is 11.2 Å². The Hall–Kier alpha value is -1.28. The summed E-state index contributed by atoms with van der Waals surface area (Å²) in [5.41, 5.74) is 3.33. The monoisotopic (exact) mass is 288 g/mol. The Morgan fingerprint density at radius 3 is 2.05 bits per heavy atom. The third-order valence-corrected chi connectivity index (χ3v) is 3.68. The van der Waals surface area contributed by atoms with Crippen molar-refractivity contribution in [2.75, 3.05) is 5.73 Å². The molecule has 2 rings (SSSR count). The van der Waals surface area contributed by atoms with Crippen LogP contribution in [0.25, 0.3) is 0 Å². The van der Waals surface area contributed by atoms with Gasteiger partial charge in [0.2, 0.25) is 0 Å². The minimum Gasteiger partial charge on any atom is -0.399 e. The molecule has 1 aliphatic heterocycles. The van der Waals surface area contributed by atoms with E-state index in [0.29, 0.717) is 0 Å². The first-order chi connectivity index (χ1) is 8.92. The van der Waals surface area contributed by atoms with Gasteiger partial charge in [0, 0.05) is 0 Å². The van der Waals surface area contributed by atoms with E-state index in [1.54, 1.807) is 0 Å². The Morgan fingerprint density at radius 2 is 1.60 bits per heavy atom. The number of rotatable bonds is 1. The highest BCUT2D eigenvalue weighted by Crippen LogP contribution is 2.37. The van der Waals surface area contributed by atoms with Crippen molar-refractivity contribution in [2.24, 2.45) is 0 Å². The molecule has 0 aliphatic carbocycles. The molecule has 8 heteroatoms. The largest absolute Gasteiger partial charge is 0.495 e. The highest BCUT2D eigenvalue weighted by atomic mass is 19.4. The van der Waals surface area contributed by atoms with Gasteiger partial charge in [-0.15, -0.1) is 0 Å². The fourth-order valence-corrected chi connectivity index (χ4v) is 1.83. The number of aromatic nitrogens is 1. The molecule has 0 radical (unpaired) electrons. The summed E-state index contributed by atoms with van der Waals surface area (Å²) in [6.45, 7) is 7.29. The van der Waals surface area contributed by atoms with Crippen molar-refractivity contribution < 1.29 is 22.5 Å². The summed E-state index contributed by atoms with van der Waals surface area (Å²) in [5.74, 6) is -0.218. The van der Waals surface area contributed by atoms with Crippen molar-refractivity contribution in [3.8, 4) is 0 Å². The summed E-state index contributed by atoms with van der Waals surface area (Å²) in [4.78, 5) is 3.29. The van der Waals surface area contributed by atoms with Crippen LogP contribution in [0.4, 0.5) is 19.0 Å². The van der Waals surface area contributed by atoms with Crippen LogP contribution >= 0.6 is 0 Å². The zero-order valence-electron chi connectivity index (χ0n) is 11.7. The number of hydrogen-bond acceptors (Lipinski definition) is 4. The van der Waals surface area contributed by atoms with Crippen molar-refractivity contribution in [1.82, 2.24) is 4.98 Å². The van der Waals surface area contributed by atoms with E-state index in [2.05, 4.69) is 4.98 Å². The normalized spacial score (nSPS) is 21.2. The summed E-state index contributed by atoms with van der Waals surface area (Å²) in [7, 11) is -0.897. The van der Waals surface area contributed by atoms with E-state index >= 15 is 0 Å². The molecule has 0 bridgehead atoms. The van der Waals surface area contributed by atoms with E-state index in [9.17, 15) is 13.2 Å². The van der Waals surface area contributed by atoms with Gasteiger partial charge in [0.05, 0.1) is 11.2 Å². The molecule has 0 saturated carbocycles. The van der Waals surface area contributed by atoms with Crippen molar-refractivity contribution in [1.29, 1.82) is 0 Å². The summed E-state index contributed by atoms with van der Waals surface area (Å²) >= 11 is 0. The first kappa shape index (κ1) is 15.1. The predicted molar refractivity (Wildman–Crippen MR) is 69.4 cm³/mol. The van der Waals surface area contributed by atoms with Gasteiger partial charge in [-0.2, -0.15) is 13.2 Å². The molecule has 2 heterocycles. The number of nitrogens with two attached hydrogens (primary N) is 1. The Labute approximate surface area is 115 Å². The molecule has 20 heavy (non-hydrogen) atoms. The van der Waals surface area contributed by atoms with Gasteiger partial charge >= 0.3 is 13.3 Å². The molecule has 2 N–H and O–H groups in total. The number of alkyl halides is 3. The molecule has 0 amide bonds. The molecule has 0 spiro atoms. The van der Waals surface area contributed by atoms with Crippen molar-refractivity contribution in [3.63, 3.8) is 0 Å². The molecule has 4 nitrogen and oxygen atoms in total. The molecule has 1 fully saturated rings. The fourth-order valence-electron chi connectivity index (χ4n) is 1.83. The smallest absolute Gasteiger partial charge is 0.399 e. The number of nitrogens with zero attached hydrogens (tertiary/aromatic N) is 1. The van der Waals surface area contributed by atoms with Crippen LogP contribution in [0.2, 0.25) is 0 Å². The van der Waals surface area contributed by atoms with Crippen molar-refractivity contribution >= 4 is 18.4 Å². The van der Waals surface area contributed by atoms with Crippen molar-refractivity contribution in [3.05, 3.63) is 17.8 Å². The summed E-state index contributed by atoms with van der Waals surface area (Å²) in [6, 6.07) is 2.23. The lowest BCUT2D eigenvalue weighted by Crippen LogP contribution is -2.41. The lowest BCUT2D eigenvalue weighted by molar-refractivity contribution is -0.141. The predicted octanol–water partition coefficient (Wildman–Crippen LogP) is 1.98. The molecule has 110 valence electrons. The zero-order valence-corrected chi connectivity index (χ0v) is 11.7. The number of anilines is 1. The van der Waals surface area contributed by atoms with E-state index in [1.165, 1.54) is 6.07 Å². The highest BCUT2D eigenvalue weighted by molar-refractivity contribution is 6.62. The maximum absolute atomic E-state index is 12.7. The van der Waals surface area contributed by atoms with Crippen LogP contribution in [-0.2, 0) is 15.5 Å². The minimum absolute atomic E-state index is 0.212. The van der Waals surface area contributed by atoms with Gasteiger partial charge in [-0.1, -0.05) is 0 Å². The molecule has 0 unspecified atom stereocenters. The number of nitrogen functional groups attached to an aromatic ring is 1. The quantitative estimate of drug-likeness (QED) is 0.803. The standard InChI is InChI=1S/C12H16BF3N2O2/c1-10(2)11(3,4)20-13(19-10)7-5-8(12(14,15)16)18-9(17)6-7/h5-6H,1-4H3,(H2,17,18).